The normalized spacial score (nSPS) is 19.5. The lowest BCUT2D eigenvalue weighted by Crippen LogP contribution is -2.18. The van der Waals surface area contributed by atoms with Gasteiger partial charge in [-0.15, -0.1) is 0 Å². The van der Waals surface area contributed by atoms with Crippen molar-refractivity contribution in [2.75, 3.05) is 18.5 Å². The highest BCUT2D eigenvalue weighted by Crippen LogP contribution is 2.43. The number of carbonyl (C=O) groups excluding carboxylic acids is 1. The molecule has 0 saturated heterocycles. The molecule has 0 fully saturated rings. The van der Waals surface area contributed by atoms with E-state index in [-0.39, 0.29) is 0 Å². The molecule has 116 valence electrons. The van der Waals surface area contributed by atoms with Gasteiger partial charge in [-0.1, -0.05) is 23.7 Å². The third-order valence-electron chi connectivity index (χ3n) is 3.69. The second-order valence-corrected chi connectivity index (χ2v) is 5.59. The number of halogens is 1. The van der Waals surface area contributed by atoms with Crippen molar-refractivity contribution in [2.45, 2.75) is 6.10 Å². The van der Waals surface area contributed by atoms with Gasteiger partial charge in [-0.05, 0) is 24.3 Å². The van der Waals surface area contributed by atoms with E-state index in [0.29, 0.717) is 35.4 Å². The van der Waals surface area contributed by atoms with Gasteiger partial charge in [-0.2, -0.15) is 0 Å². The maximum absolute atomic E-state index is 11.8. The van der Waals surface area contributed by atoms with E-state index in [4.69, 9.17) is 25.8 Å². The first-order valence-corrected chi connectivity index (χ1v) is 7.51. The molecule has 0 aromatic heterocycles. The molecule has 2 aromatic rings. The molecule has 1 atom stereocenters. The number of carbonyl (C=O) groups is 1. The maximum Gasteiger partial charge on any atom is 0.264 e. The van der Waals surface area contributed by atoms with E-state index in [1.54, 1.807) is 18.2 Å². The molecule has 2 radical (unpaired) electrons. The fourth-order valence-corrected chi connectivity index (χ4v) is 2.90. The van der Waals surface area contributed by atoms with Crippen LogP contribution in [0.15, 0.2) is 36.4 Å². The maximum atomic E-state index is 11.8. The summed E-state index contributed by atoms with van der Waals surface area (Å²) < 4.78 is 17.0. The molecule has 0 saturated carbocycles. The van der Waals surface area contributed by atoms with Crippen molar-refractivity contribution in [3.05, 3.63) is 59.2 Å². The largest absolute Gasteiger partial charge is 0.486 e. The summed E-state index contributed by atoms with van der Waals surface area (Å²) in [4.78, 5) is 11.8. The zero-order valence-corrected chi connectivity index (χ0v) is 12.7. The van der Waals surface area contributed by atoms with E-state index in [1.165, 1.54) is 0 Å². The van der Waals surface area contributed by atoms with Gasteiger partial charge >= 0.3 is 0 Å². The second-order valence-electron chi connectivity index (χ2n) is 5.16. The molecule has 1 unspecified atom stereocenters. The number of nitrogens with one attached hydrogen (secondary N) is 1. The average Bonchev–Trinajstić information content (AvgIpc) is 2.73. The van der Waals surface area contributed by atoms with E-state index in [9.17, 15) is 4.79 Å². The van der Waals surface area contributed by atoms with Gasteiger partial charge in [0.15, 0.2) is 11.5 Å². The molecule has 1 N–H and O–H groups in total. The Labute approximate surface area is 138 Å². The minimum Gasteiger partial charge on any atom is -0.486 e. The molecule has 1 amide bonds. The first-order chi connectivity index (χ1) is 11.2. The summed E-state index contributed by atoms with van der Waals surface area (Å²) >= 11 is 6.12. The summed E-state index contributed by atoms with van der Waals surface area (Å²) in [6.45, 7) is 3.34. The molecule has 0 aliphatic carbocycles. The monoisotopic (exact) mass is 329 g/mol. The predicted octanol–water partition coefficient (Wildman–Crippen LogP) is 3.21. The van der Waals surface area contributed by atoms with Gasteiger partial charge in [-0.25, -0.2) is 0 Å². The Kier molecular flexibility index (Phi) is 3.59. The fourth-order valence-electron chi connectivity index (χ4n) is 2.72. The topological polar surface area (TPSA) is 56.8 Å². The molecular weight excluding hydrogens is 318 g/mol. The number of ether oxygens (including phenoxy) is 3. The number of benzene rings is 2. The van der Waals surface area contributed by atoms with Gasteiger partial charge < -0.3 is 19.5 Å². The Morgan fingerprint density at radius 2 is 2.00 bits per heavy atom. The molecule has 4 rings (SSSR count). The SMILES string of the molecule is O=C1[C]OC(c2cccc3c2OCCO3)c2cc(Cl)ccc2N1. The van der Waals surface area contributed by atoms with Crippen LogP contribution in [0.4, 0.5) is 5.69 Å². The average molecular weight is 330 g/mol. The minimum absolute atomic E-state index is 0.446. The van der Waals surface area contributed by atoms with Gasteiger partial charge in [0.1, 0.15) is 19.3 Å². The predicted molar refractivity (Wildman–Crippen MR) is 83.7 cm³/mol. The summed E-state index contributed by atoms with van der Waals surface area (Å²) in [5.41, 5.74) is 2.12. The van der Waals surface area contributed by atoms with E-state index in [0.717, 1.165) is 11.1 Å². The van der Waals surface area contributed by atoms with Crippen LogP contribution in [0.2, 0.25) is 5.02 Å². The smallest absolute Gasteiger partial charge is 0.264 e. The molecule has 0 spiro atoms. The Balaban J connectivity index is 1.86. The molecule has 2 aromatic carbocycles. The summed E-state index contributed by atoms with van der Waals surface area (Å²) in [5.74, 6) is 0.827. The number of fused-ring (bicyclic) bond motifs is 2. The lowest BCUT2D eigenvalue weighted by Gasteiger charge is -2.25. The van der Waals surface area contributed by atoms with Gasteiger partial charge in [0.2, 0.25) is 6.61 Å². The van der Waals surface area contributed by atoms with Crippen LogP contribution in [0.5, 0.6) is 11.5 Å². The molecular formula is C17H12ClNO4. The molecule has 2 aliphatic rings. The zero-order valence-electron chi connectivity index (χ0n) is 12.0. The van der Waals surface area contributed by atoms with E-state index < -0.39 is 12.0 Å². The van der Waals surface area contributed by atoms with Gasteiger partial charge in [0, 0.05) is 21.8 Å². The van der Waals surface area contributed by atoms with Gasteiger partial charge in [0.05, 0.1) is 0 Å². The lowest BCUT2D eigenvalue weighted by molar-refractivity contribution is -0.117. The quantitative estimate of drug-likeness (QED) is 0.873. The zero-order chi connectivity index (χ0) is 15.8. The highest BCUT2D eigenvalue weighted by Gasteiger charge is 2.30. The van der Waals surface area contributed by atoms with Crippen molar-refractivity contribution in [1.82, 2.24) is 0 Å². The van der Waals surface area contributed by atoms with Crippen molar-refractivity contribution in [1.29, 1.82) is 0 Å². The van der Waals surface area contributed by atoms with Crippen molar-refractivity contribution < 1.29 is 19.0 Å². The van der Waals surface area contributed by atoms with Crippen molar-refractivity contribution in [3.8, 4) is 11.5 Å². The first-order valence-electron chi connectivity index (χ1n) is 7.13. The third-order valence-corrected chi connectivity index (χ3v) is 3.93. The van der Waals surface area contributed by atoms with Crippen LogP contribution in [-0.4, -0.2) is 19.1 Å². The van der Waals surface area contributed by atoms with E-state index in [1.807, 2.05) is 18.2 Å². The molecule has 5 nitrogen and oxygen atoms in total. The van der Waals surface area contributed by atoms with E-state index >= 15 is 0 Å². The first kappa shape index (κ1) is 14.4. The molecule has 23 heavy (non-hydrogen) atoms. The summed E-state index contributed by atoms with van der Waals surface area (Å²) in [6.07, 6.45) is -0.570. The summed E-state index contributed by atoms with van der Waals surface area (Å²) in [5, 5.41) is 3.28. The minimum atomic E-state index is -0.570. The Morgan fingerprint density at radius 1 is 1.13 bits per heavy atom. The summed E-state index contributed by atoms with van der Waals surface area (Å²) in [7, 11) is 0. The molecule has 2 aliphatic heterocycles. The van der Waals surface area contributed by atoms with E-state index in [2.05, 4.69) is 11.9 Å². The van der Waals surface area contributed by atoms with Crippen molar-refractivity contribution in [3.63, 3.8) is 0 Å². The fraction of sp³-hybridized carbons (Fsp3) is 0.176. The van der Waals surface area contributed by atoms with Gasteiger partial charge in [0.25, 0.3) is 5.91 Å². The molecule has 2 heterocycles. The summed E-state index contributed by atoms with van der Waals surface area (Å²) in [6, 6.07) is 10.8. The van der Waals surface area contributed by atoms with Crippen LogP contribution >= 0.6 is 11.6 Å². The van der Waals surface area contributed by atoms with Crippen molar-refractivity contribution >= 4 is 23.2 Å². The Hall–Kier alpha value is -2.24. The number of hydrogen-bond donors (Lipinski definition) is 1. The van der Waals surface area contributed by atoms with Crippen LogP contribution in [0.25, 0.3) is 0 Å². The number of rotatable bonds is 1. The van der Waals surface area contributed by atoms with Crippen LogP contribution in [0, 0.1) is 6.61 Å². The van der Waals surface area contributed by atoms with Crippen LogP contribution < -0.4 is 14.8 Å². The Bertz CT molecular complexity index is 777. The molecule has 6 heteroatoms. The van der Waals surface area contributed by atoms with Crippen LogP contribution in [-0.2, 0) is 9.53 Å². The van der Waals surface area contributed by atoms with Crippen LogP contribution in [0.3, 0.4) is 0 Å². The highest BCUT2D eigenvalue weighted by molar-refractivity contribution is 6.30. The second kappa shape index (κ2) is 5.76. The number of hydrogen-bond acceptors (Lipinski definition) is 4. The highest BCUT2D eigenvalue weighted by atomic mass is 35.5. The third kappa shape index (κ3) is 2.62. The van der Waals surface area contributed by atoms with Crippen LogP contribution in [0.1, 0.15) is 17.2 Å². The number of para-hydroxylation sites is 1. The number of amides is 1. The van der Waals surface area contributed by atoms with Gasteiger partial charge in [-0.3, -0.25) is 4.79 Å². The Morgan fingerprint density at radius 3 is 2.91 bits per heavy atom. The lowest BCUT2D eigenvalue weighted by atomic mass is 9.98. The number of anilines is 1. The standard InChI is InChI=1S/C17H12ClNO4/c18-10-4-5-13-12(8-10)16(23-9-15(20)19-13)11-2-1-3-14-17(11)22-7-6-21-14/h1-5,8,16H,6-7H2,(H,19,20). The van der Waals surface area contributed by atoms with Crippen molar-refractivity contribution in [2.24, 2.45) is 0 Å². The molecule has 0 bridgehead atoms.